The molecule has 0 atom stereocenters. The number of nitrogens with zero attached hydrogens (tertiary/aromatic N) is 5. The molecule has 0 aliphatic carbocycles. The van der Waals surface area contributed by atoms with Gasteiger partial charge in [-0.1, -0.05) is 12.1 Å². The van der Waals surface area contributed by atoms with Gasteiger partial charge in [-0.3, -0.25) is 0 Å². The van der Waals surface area contributed by atoms with Crippen LogP contribution in [0.15, 0.2) is 49.2 Å². The third-order valence-electron chi connectivity index (χ3n) is 4.32. The van der Waals surface area contributed by atoms with E-state index >= 15 is 0 Å². The number of fused-ring (bicyclic) bond motifs is 1. The lowest BCUT2D eigenvalue weighted by atomic mass is 10.1. The van der Waals surface area contributed by atoms with Crippen LogP contribution in [0.2, 0.25) is 0 Å². The van der Waals surface area contributed by atoms with Crippen molar-refractivity contribution >= 4 is 17.0 Å². The number of alkyl halides is 3. The molecule has 0 aliphatic rings. The lowest BCUT2D eigenvalue weighted by Gasteiger charge is -2.12. The Morgan fingerprint density at radius 2 is 1.66 bits per heavy atom. The number of pyridine rings is 1. The zero-order valence-corrected chi connectivity index (χ0v) is 16.1. The van der Waals surface area contributed by atoms with Crippen molar-refractivity contribution in [3.63, 3.8) is 0 Å². The van der Waals surface area contributed by atoms with Crippen LogP contribution < -0.4 is 10.1 Å². The smallest absolute Gasteiger partial charge is 0.436 e. The number of nitrogens with one attached hydrogen (secondary N) is 1. The zero-order valence-electron chi connectivity index (χ0n) is 16.1. The molecule has 164 valence electrons. The van der Waals surface area contributed by atoms with Crippen LogP contribution in [0.5, 0.6) is 11.5 Å². The summed E-state index contributed by atoms with van der Waals surface area (Å²) in [6, 6.07) is 6.04. The molecule has 4 rings (SSSR count). The number of benzene rings is 1. The largest absolute Gasteiger partial charge is 0.451 e. The van der Waals surface area contributed by atoms with Gasteiger partial charge in [0.25, 0.3) is 0 Å². The van der Waals surface area contributed by atoms with Crippen molar-refractivity contribution in [3.8, 4) is 11.5 Å². The number of anilines is 1. The first-order valence-electron chi connectivity index (χ1n) is 9.16. The van der Waals surface area contributed by atoms with Gasteiger partial charge in [0, 0.05) is 18.9 Å². The van der Waals surface area contributed by atoms with Crippen molar-refractivity contribution in [2.45, 2.75) is 12.6 Å². The number of rotatable bonds is 6. The molecule has 0 spiro atoms. The Kier molecular flexibility index (Phi) is 5.75. The van der Waals surface area contributed by atoms with E-state index in [2.05, 4.69) is 30.2 Å². The molecule has 12 heteroatoms. The van der Waals surface area contributed by atoms with Crippen molar-refractivity contribution in [1.82, 2.24) is 24.9 Å². The maximum Gasteiger partial charge on any atom is 0.436 e. The highest BCUT2D eigenvalue weighted by molar-refractivity contribution is 5.81. The SMILES string of the molecule is Fc1cnc(C(F)(F)F)c(F)c1Oc1ccc(CCNc2ncnc3nccnc23)cc1. The minimum Gasteiger partial charge on any atom is -0.451 e. The number of ether oxygens (including phenoxy) is 1. The van der Waals surface area contributed by atoms with Gasteiger partial charge in [0.2, 0.25) is 5.75 Å². The van der Waals surface area contributed by atoms with Crippen molar-refractivity contribution in [3.05, 3.63) is 72.1 Å². The molecule has 7 nitrogen and oxygen atoms in total. The van der Waals surface area contributed by atoms with Gasteiger partial charge in [0.05, 0.1) is 6.20 Å². The molecule has 1 N–H and O–H groups in total. The molecule has 0 radical (unpaired) electrons. The van der Waals surface area contributed by atoms with Crippen molar-refractivity contribution in [1.29, 1.82) is 0 Å². The Morgan fingerprint density at radius 1 is 0.906 bits per heavy atom. The van der Waals surface area contributed by atoms with Crippen LogP contribution in [0.4, 0.5) is 27.8 Å². The van der Waals surface area contributed by atoms with E-state index in [0.29, 0.717) is 29.9 Å². The highest BCUT2D eigenvalue weighted by atomic mass is 19.4. The fourth-order valence-electron chi connectivity index (χ4n) is 2.83. The Balaban J connectivity index is 1.42. The van der Waals surface area contributed by atoms with Gasteiger partial charge < -0.3 is 10.1 Å². The molecule has 0 aliphatic heterocycles. The first-order chi connectivity index (χ1) is 15.3. The Hall–Kier alpha value is -3.96. The van der Waals surface area contributed by atoms with E-state index in [1.165, 1.54) is 30.9 Å². The molecule has 4 aromatic rings. The maximum absolute atomic E-state index is 14.1. The van der Waals surface area contributed by atoms with E-state index in [1.807, 2.05) is 0 Å². The lowest BCUT2D eigenvalue weighted by Crippen LogP contribution is -2.12. The quantitative estimate of drug-likeness (QED) is 0.433. The van der Waals surface area contributed by atoms with Gasteiger partial charge in [-0.2, -0.15) is 13.2 Å². The van der Waals surface area contributed by atoms with Crippen molar-refractivity contribution in [2.24, 2.45) is 0 Å². The van der Waals surface area contributed by atoms with Gasteiger partial charge in [-0.15, -0.1) is 0 Å². The molecular weight excluding hydrogens is 435 g/mol. The summed E-state index contributed by atoms with van der Waals surface area (Å²) in [5.41, 5.74) is -0.0337. The number of hydrogen-bond acceptors (Lipinski definition) is 7. The van der Waals surface area contributed by atoms with Gasteiger partial charge in [-0.05, 0) is 24.1 Å². The molecule has 32 heavy (non-hydrogen) atoms. The van der Waals surface area contributed by atoms with Gasteiger partial charge in [-0.25, -0.2) is 33.7 Å². The van der Waals surface area contributed by atoms with Crippen LogP contribution >= 0.6 is 0 Å². The summed E-state index contributed by atoms with van der Waals surface area (Å²) in [5, 5.41) is 3.13. The van der Waals surface area contributed by atoms with Crippen LogP contribution in [0.3, 0.4) is 0 Å². The molecule has 0 saturated carbocycles. The second-order valence-electron chi connectivity index (χ2n) is 6.47. The van der Waals surface area contributed by atoms with Crippen molar-refractivity contribution in [2.75, 3.05) is 11.9 Å². The molecule has 1 aromatic carbocycles. The van der Waals surface area contributed by atoms with Crippen LogP contribution in [-0.2, 0) is 12.6 Å². The van der Waals surface area contributed by atoms with E-state index < -0.39 is 29.3 Å². The van der Waals surface area contributed by atoms with E-state index in [4.69, 9.17) is 4.74 Å². The number of halogens is 5. The summed E-state index contributed by atoms with van der Waals surface area (Å²) >= 11 is 0. The second kappa shape index (κ2) is 8.65. The lowest BCUT2D eigenvalue weighted by molar-refractivity contribution is -0.143. The van der Waals surface area contributed by atoms with Crippen LogP contribution in [0, 0.1) is 11.6 Å². The minimum atomic E-state index is -5.08. The summed E-state index contributed by atoms with van der Waals surface area (Å²) in [6.45, 7) is 0.478. The standard InChI is InChI=1S/C20H13F5N6O/c21-13-9-29-17(20(23,24)25)14(22)16(13)32-12-3-1-11(2-4-12)5-6-27-18-15-19(31-10-30-18)28-8-7-26-15/h1-4,7-10H,5-6H2,(H,27,28,30,31). The Labute approximate surface area is 177 Å². The Morgan fingerprint density at radius 3 is 2.41 bits per heavy atom. The number of aromatic nitrogens is 5. The molecule has 0 fully saturated rings. The maximum atomic E-state index is 14.1. The molecule has 3 aromatic heterocycles. The van der Waals surface area contributed by atoms with Crippen LogP contribution in [-0.4, -0.2) is 31.5 Å². The Bertz CT molecular complexity index is 1240. The first-order valence-corrected chi connectivity index (χ1v) is 9.16. The minimum absolute atomic E-state index is 0.0316. The van der Waals surface area contributed by atoms with Crippen LogP contribution in [0.1, 0.15) is 11.3 Å². The van der Waals surface area contributed by atoms with Crippen molar-refractivity contribution < 1.29 is 26.7 Å². The van der Waals surface area contributed by atoms with Gasteiger partial charge in [0.1, 0.15) is 17.6 Å². The number of hydrogen-bond donors (Lipinski definition) is 1. The van der Waals surface area contributed by atoms with E-state index in [-0.39, 0.29) is 11.9 Å². The fraction of sp³-hybridized carbons (Fsp3) is 0.150. The van der Waals surface area contributed by atoms with E-state index in [9.17, 15) is 22.0 Å². The predicted octanol–water partition coefficient (Wildman–Crippen LogP) is 4.56. The predicted molar refractivity (Wildman–Crippen MR) is 103 cm³/mol. The summed E-state index contributed by atoms with van der Waals surface area (Å²) in [6.07, 6.45) is 0.156. The average molecular weight is 448 g/mol. The fourth-order valence-corrected chi connectivity index (χ4v) is 2.83. The second-order valence-corrected chi connectivity index (χ2v) is 6.47. The normalized spacial score (nSPS) is 11.5. The molecule has 0 saturated heterocycles. The molecule has 3 heterocycles. The van der Waals surface area contributed by atoms with E-state index in [1.54, 1.807) is 12.1 Å². The monoisotopic (exact) mass is 448 g/mol. The van der Waals surface area contributed by atoms with Crippen LogP contribution in [0.25, 0.3) is 11.2 Å². The summed E-state index contributed by atoms with van der Waals surface area (Å²) in [4.78, 5) is 19.2. The average Bonchev–Trinajstić information content (AvgIpc) is 2.77. The summed E-state index contributed by atoms with van der Waals surface area (Å²) in [7, 11) is 0. The zero-order chi connectivity index (χ0) is 22.7. The topological polar surface area (TPSA) is 85.7 Å². The van der Waals surface area contributed by atoms with E-state index in [0.717, 1.165) is 5.56 Å². The summed E-state index contributed by atoms with van der Waals surface area (Å²) < 4.78 is 71.2. The highest BCUT2D eigenvalue weighted by Gasteiger charge is 2.38. The molecule has 0 amide bonds. The van der Waals surface area contributed by atoms with Gasteiger partial charge >= 0.3 is 6.18 Å². The third-order valence-corrected chi connectivity index (χ3v) is 4.32. The van der Waals surface area contributed by atoms with Gasteiger partial charge in [0.15, 0.2) is 28.8 Å². The molecule has 0 unspecified atom stereocenters. The molecule has 0 bridgehead atoms. The third kappa shape index (κ3) is 4.53. The first kappa shape index (κ1) is 21.3. The summed E-state index contributed by atoms with van der Waals surface area (Å²) in [5.74, 6) is -3.93. The highest BCUT2D eigenvalue weighted by Crippen LogP contribution is 2.36. The molecular formula is C20H13F5N6O.